The Morgan fingerprint density at radius 2 is 1.82 bits per heavy atom. The van der Waals surface area contributed by atoms with Crippen LogP contribution in [0.3, 0.4) is 0 Å². The summed E-state index contributed by atoms with van der Waals surface area (Å²) in [5.74, 6) is 0. The van der Waals surface area contributed by atoms with Gasteiger partial charge in [-0.15, -0.1) is 20.7 Å². The second-order valence-electron chi connectivity index (χ2n) is 1.85. The molecule has 5 heteroatoms. The normalized spacial score (nSPS) is 8.27. The molecule has 0 nitrogen and oxygen atoms in total. The van der Waals surface area contributed by atoms with Crippen LogP contribution in [0.1, 0.15) is 0 Å². The maximum atomic E-state index is 5.81. The zero-order chi connectivity index (χ0) is 7.56. The molecule has 0 atom stereocenters. The lowest BCUT2D eigenvalue weighted by atomic mass is 10.4. The molecule has 0 heterocycles. The van der Waals surface area contributed by atoms with E-state index in [2.05, 4.69) is 0 Å². The third-order valence-corrected chi connectivity index (χ3v) is 4.00. The molecule has 0 aliphatic carbocycles. The van der Waals surface area contributed by atoms with Crippen molar-refractivity contribution in [2.75, 3.05) is 0 Å². The quantitative estimate of drug-likeness (QED) is 0.696. The molecule has 1 aromatic carbocycles. The molecule has 0 aliphatic rings. The molecule has 0 radical (unpaired) electrons. The van der Waals surface area contributed by atoms with Crippen LogP contribution in [0.2, 0.25) is 10.0 Å². The van der Waals surface area contributed by atoms with E-state index in [1.807, 2.05) is 12.1 Å². The maximum absolute atomic E-state index is 5.81. The van der Waals surface area contributed by atoms with Gasteiger partial charge >= 0.3 is 19.3 Å². The summed E-state index contributed by atoms with van der Waals surface area (Å²) in [6.07, 6.45) is 0. The molecule has 0 aliphatic heterocycles. The SMILES string of the molecule is Br.[Cl][Mg][c]1cccc(Cl)c1Cl. The van der Waals surface area contributed by atoms with E-state index in [1.165, 1.54) is 0 Å². The lowest BCUT2D eigenvalue weighted by Gasteiger charge is -1.99. The van der Waals surface area contributed by atoms with E-state index in [9.17, 15) is 0 Å². The van der Waals surface area contributed by atoms with Crippen LogP contribution in [0, 0.1) is 0 Å². The van der Waals surface area contributed by atoms with Crippen LogP contribution in [-0.4, -0.2) is 19.3 Å². The van der Waals surface area contributed by atoms with Crippen LogP contribution in [0.25, 0.3) is 0 Å². The lowest BCUT2D eigenvalue weighted by molar-refractivity contribution is 1.76. The molecule has 0 N–H and O–H groups in total. The predicted molar refractivity (Wildman–Crippen MR) is 58.0 cm³/mol. The third kappa shape index (κ3) is 3.29. The van der Waals surface area contributed by atoms with Crippen LogP contribution in [-0.2, 0) is 0 Å². The molecule has 0 spiro atoms. The van der Waals surface area contributed by atoms with E-state index in [1.54, 1.807) is 6.07 Å². The van der Waals surface area contributed by atoms with Gasteiger partial charge in [-0.2, -0.15) is 0 Å². The Kier molecular flexibility index (Phi) is 6.61. The molecule has 58 valence electrons. The highest BCUT2D eigenvalue weighted by Crippen LogP contribution is 2.18. The van der Waals surface area contributed by atoms with Crippen molar-refractivity contribution in [1.29, 1.82) is 0 Å². The smallest absolute Gasteiger partial charge is 0.336 e. The minimum absolute atomic E-state index is 0. The van der Waals surface area contributed by atoms with Crippen molar-refractivity contribution in [3.63, 3.8) is 0 Å². The fourth-order valence-electron chi connectivity index (χ4n) is 0.652. The van der Waals surface area contributed by atoms with Crippen molar-refractivity contribution in [3.05, 3.63) is 28.2 Å². The van der Waals surface area contributed by atoms with E-state index in [0.717, 1.165) is 3.69 Å². The fourth-order valence-corrected chi connectivity index (χ4v) is 2.69. The highest BCUT2D eigenvalue weighted by Gasteiger charge is 2.03. The van der Waals surface area contributed by atoms with Crippen molar-refractivity contribution in [2.45, 2.75) is 0 Å². The molecule has 11 heavy (non-hydrogen) atoms. The van der Waals surface area contributed by atoms with E-state index in [-0.39, 0.29) is 17.0 Å². The number of rotatable bonds is 1. The predicted octanol–water partition coefficient (Wildman–Crippen LogP) is 3.05. The number of hydrogen-bond acceptors (Lipinski definition) is 0. The van der Waals surface area contributed by atoms with Gasteiger partial charge in [0, 0.05) is 5.02 Å². The first kappa shape index (κ1) is 12.3. The number of hydrogen-bond donors (Lipinski definition) is 0. The van der Waals surface area contributed by atoms with Gasteiger partial charge in [0.15, 0.2) is 0 Å². The summed E-state index contributed by atoms with van der Waals surface area (Å²) in [5.41, 5.74) is 0. The van der Waals surface area contributed by atoms with Gasteiger partial charge in [-0.05, 0) is 6.07 Å². The maximum Gasteiger partial charge on any atom is 0.540 e. The van der Waals surface area contributed by atoms with Crippen LogP contribution in [0.4, 0.5) is 0 Å². The second-order valence-corrected chi connectivity index (χ2v) is 4.46. The molecule has 1 rings (SSSR count). The van der Waals surface area contributed by atoms with Crippen molar-refractivity contribution in [1.82, 2.24) is 0 Å². The summed E-state index contributed by atoms with van der Waals surface area (Å²) in [7, 11) is 5.70. The standard InChI is InChI=1S/C6H3Cl2.BrH.ClH.Mg/c7-5-3-1-2-4-6(5)8;;;/h1-3H;2*1H;/q;;;+1/p-1. The van der Waals surface area contributed by atoms with Crippen molar-refractivity contribution >= 4 is 72.2 Å². The monoisotopic (exact) mass is 284 g/mol. The molecule has 0 bridgehead atoms. The Morgan fingerprint density at radius 1 is 1.18 bits per heavy atom. The van der Waals surface area contributed by atoms with Gasteiger partial charge < -0.3 is 9.07 Å². The lowest BCUT2D eigenvalue weighted by Crippen LogP contribution is -2.09. The Labute approximate surface area is 99.5 Å². The summed E-state index contributed by atoms with van der Waals surface area (Å²) >= 11 is 10.8. The summed E-state index contributed by atoms with van der Waals surface area (Å²) < 4.78 is 1.01. The van der Waals surface area contributed by atoms with Crippen molar-refractivity contribution in [2.24, 2.45) is 0 Å². The van der Waals surface area contributed by atoms with Gasteiger partial charge in [-0.1, -0.05) is 35.3 Å². The first-order valence-electron chi connectivity index (χ1n) is 2.74. The van der Waals surface area contributed by atoms with E-state index >= 15 is 0 Å². The van der Waals surface area contributed by atoms with Gasteiger partial charge in [0.25, 0.3) is 0 Å². The van der Waals surface area contributed by atoms with Gasteiger partial charge in [0.05, 0.1) is 5.02 Å². The number of benzene rings is 1. The Hall–Kier alpha value is 1.34. The van der Waals surface area contributed by atoms with Crippen molar-refractivity contribution in [3.8, 4) is 0 Å². The highest BCUT2D eigenvalue weighted by molar-refractivity contribution is 8.93. The Balaban J connectivity index is 0.000001000. The molecule has 0 aromatic heterocycles. The van der Waals surface area contributed by atoms with Crippen LogP contribution >= 0.6 is 49.3 Å². The van der Waals surface area contributed by atoms with Gasteiger partial charge in [-0.25, -0.2) is 0 Å². The zero-order valence-electron chi connectivity index (χ0n) is 5.48. The van der Waals surface area contributed by atoms with E-state index < -0.39 is 19.3 Å². The van der Waals surface area contributed by atoms with Crippen LogP contribution in [0.15, 0.2) is 18.2 Å². The molecule has 0 saturated carbocycles. The first-order chi connectivity index (χ1) is 4.75. The second kappa shape index (κ2) is 5.89. The summed E-state index contributed by atoms with van der Waals surface area (Å²) in [5, 5.41) is 1.21. The average molecular weight is 287 g/mol. The minimum atomic E-state index is -0.703. The molecular weight excluding hydrogens is 283 g/mol. The van der Waals surface area contributed by atoms with Gasteiger partial charge in [0.1, 0.15) is 0 Å². The minimum Gasteiger partial charge on any atom is -0.336 e. The third-order valence-electron chi connectivity index (χ3n) is 1.18. The topological polar surface area (TPSA) is 0 Å². The van der Waals surface area contributed by atoms with Crippen LogP contribution in [0.5, 0.6) is 0 Å². The zero-order valence-corrected chi connectivity index (χ0v) is 10.9. The van der Waals surface area contributed by atoms with E-state index in [4.69, 9.17) is 32.3 Å². The van der Waals surface area contributed by atoms with Crippen LogP contribution < -0.4 is 3.69 Å². The number of halogens is 4. The average Bonchev–Trinajstić information content (AvgIpc) is 1.95. The van der Waals surface area contributed by atoms with Gasteiger partial charge in [0.2, 0.25) is 0 Å². The fraction of sp³-hybridized carbons (Fsp3) is 0. The first-order valence-corrected chi connectivity index (χ1v) is 6.34. The molecule has 0 amide bonds. The summed E-state index contributed by atoms with van der Waals surface area (Å²) in [6, 6.07) is 5.53. The summed E-state index contributed by atoms with van der Waals surface area (Å²) in [6.45, 7) is 0. The molecule has 0 saturated heterocycles. The molecule has 0 unspecified atom stereocenters. The van der Waals surface area contributed by atoms with E-state index in [0.29, 0.717) is 10.0 Å². The molecular formula is C6H4BrCl3Mg. The molecule has 0 fully saturated rings. The largest absolute Gasteiger partial charge is 0.540 e. The molecule has 1 aromatic rings. The Bertz CT molecular complexity index is 241. The Morgan fingerprint density at radius 3 is 2.27 bits per heavy atom. The summed E-state index contributed by atoms with van der Waals surface area (Å²) in [4.78, 5) is 0. The highest BCUT2D eigenvalue weighted by atomic mass is 79.9. The van der Waals surface area contributed by atoms with Gasteiger partial charge in [-0.3, -0.25) is 0 Å². The van der Waals surface area contributed by atoms with Crippen molar-refractivity contribution < 1.29 is 0 Å².